The van der Waals surface area contributed by atoms with Gasteiger partial charge in [0.25, 0.3) is 0 Å². The number of H-pyrrole nitrogens is 1. The normalized spacial score (nSPS) is 12.2. The lowest BCUT2D eigenvalue weighted by Gasteiger charge is -2.14. The summed E-state index contributed by atoms with van der Waals surface area (Å²) in [6.07, 6.45) is -0.624. The van der Waals surface area contributed by atoms with E-state index in [2.05, 4.69) is 22.4 Å². The van der Waals surface area contributed by atoms with Crippen molar-refractivity contribution in [3.8, 4) is 17.2 Å². The van der Waals surface area contributed by atoms with Crippen molar-refractivity contribution in [2.24, 2.45) is 0 Å². The molecule has 0 amide bonds. The van der Waals surface area contributed by atoms with Crippen LogP contribution in [0, 0.1) is 0 Å². The molecule has 156 valence electrons. The average Bonchev–Trinajstić information content (AvgIpc) is 3.17. The number of hydrogen-bond acceptors (Lipinski definition) is 5. The molecule has 3 aromatic carbocycles. The minimum absolute atomic E-state index is 0.207. The van der Waals surface area contributed by atoms with Crippen molar-refractivity contribution in [1.29, 1.82) is 0 Å². The largest absolute Gasteiger partial charge is 0.497 e. The van der Waals surface area contributed by atoms with Crippen LogP contribution in [0.5, 0.6) is 17.2 Å². The van der Waals surface area contributed by atoms with Crippen molar-refractivity contribution in [2.45, 2.75) is 6.10 Å². The fourth-order valence-electron chi connectivity index (χ4n) is 3.41. The Bertz CT molecular complexity index is 1110. The molecule has 6 nitrogen and oxygen atoms in total. The maximum atomic E-state index is 10.3. The van der Waals surface area contributed by atoms with Crippen LogP contribution in [-0.4, -0.2) is 49.6 Å². The zero-order valence-corrected chi connectivity index (χ0v) is 16.9. The predicted octanol–water partition coefficient (Wildman–Crippen LogP) is 3.74. The van der Waals surface area contributed by atoms with Crippen LogP contribution in [0.3, 0.4) is 0 Å². The summed E-state index contributed by atoms with van der Waals surface area (Å²) in [6, 6.07) is 21.6. The third-order valence-corrected chi connectivity index (χ3v) is 4.90. The van der Waals surface area contributed by atoms with E-state index in [1.165, 1.54) is 0 Å². The zero-order chi connectivity index (χ0) is 20.8. The molecule has 0 aliphatic heterocycles. The highest BCUT2D eigenvalue weighted by atomic mass is 16.5. The van der Waals surface area contributed by atoms with Crippen molar-refractivity contribution >= 4 is 21.8 Å². The van der Waals surface area contributed by atoms with E-state index in [0.29, 0.717) is 19.7 Å². The van der Waals surface area contributed by atoms with Gasteiger partial charge in [0.05, 0.1) is 12.6 Å². The molecule has 1 heterocycles. The molecule has 1 unspecified atom stereocenters. The summed E-state index contributed by atoms with van der Waals surface area (Å²) in [4.78, 5) is 3.41. The number of ether oxygens (including phenoxy) is 3. The van der Waals surface area contributed by atoms with Crippen LogP contribution in [0.2, 0.25) is 0 Å². The summed E-state index contributed by atoms with van der Waals surface area (Å²) in [5.74, 6) is 2.26. The first-order chi connectivity index (χ1) is 14.7. The average molecular weight is 406 g/mol. The number of aromatic amines is 1. The Balaban J connectivity index is 1.23. The van der Waals surface area contributed by atoms with Gasteiger partial charge in [0, 0.05) is 35.4 Å². The van der Waals surface area contributed by atoms with E-state index in [1.807, 2.05) is 54.6 Å². The second-order valence-corrected chi connectivity index (χ2v) is 7.05. The third kappa shape index (κ3) is 4.67. The lowest BCUT2D eigenvalue weighted by atomic mass is 10.1. The highest BCUT2D eigenvalue weighted by Gasteiger charge is 2.10. The molecule has 1 aromatic heterocycles. The van der Waals surface area contributed by atoms with Gasteiger partial charge in [-0.1, -0.05) is 36.4 Å². The summed E-state index contributed by atoms with van der Waals surface area (Å²) in [5.41, 5.74) is 2.02. The van der Waals surface area contributed by atoms with Gasteiger partial charge < -0.3 is 29.6 Å². The lowest BCUT2D eigenvalue weighted by molar-refractivity contribution is 0.106. The maximum absolute atomic E-state index is 10.3. The Morgan fingerprint density at radius 3 is 2.63 bits per heavy atom. The molecule has 30 heavy (non-hydrogen) atoms. The van der Waals surface area contributed by atoms with Crippen LogP contribution in [0.15, 0.2) is 66.7 Å². The smallest absolute Gasteiger partial charge is 0.143 e. The van der Waals surface area contributed by atoms with Gasteiger partial charge in [-0.2, -0.15) is 0 Å². The molecule has 0 spiro atoms. The second kappa shape index (κ2) is 9.52. The second-order valence-electron chi connectivity index (χ2n) is 7.05. The molecule has 0 bridgehead atoms. The molecule has 1 atom stereocenters. The number of hydrogen-bond donors (Lipinski definition) is 3. The van der Waals surface area contributed by atoms with Crippen LogP contribution in [-0.2, 0) is 0 Å². The number of nitrogens with one attached hydrogen (secondary N) is 2. The van der Waals surface area contributed by atoms with Crippen molar-refractivity contribution < 1.29 is 19.3 Å². The minimum Gasteiger partial charge on any atom is -0.497 e. The molecule has 6 heteroatoms. The lowest BCUT2D eigenvalue weighted by Crippen LogP contribution is -2.33. The van der Waals surface area contributed by atoms with Gasteiger partial charge in [-0.15, -0.1) is 0 Å². The predicted molar refractivity (Wildman–Crippen MR) is 119 cm³/mol. The van der Waals surface area contributed by atoms with Gasteiger partial charge in [0.1, 0.15) is 36.6 Å². The number of para-hydroxylation sites is 2. The van der Waals surface area contributed by atoms with Gasteiger partial charge in [-0.05, 0) is 24.3 Å². The first-order valence-corrected chi connectivity index (χ1v) is 10.0. The number of methoxy groups -OCH3 is 1. The van der Waals surface area contributed by atoms with Gasteiger partial charge in [-0.3, -0.25) is 0 Å². The fraction of sp³-hybridized carbons (Fsp3) is 0.250. The van der Waals surface area contributed by atoms with E-state index in [-0.39, 0.29) is 6.61 Å². The molecule has 4 aromatic rings. The van der Waals surface area contributed by atoms with Gasteiger partial charge >= 0.3 is 0 Å². The minimum atomic E-state index is -0.624. The molecular weight excluding hydrogens is 380 g/mol. The first-order valence-electron chi connectivity index (χ1n) is 10.0. The maximum Gasteiger partial charge on any atom is 0.143 e. The quantitative estimate of drug-likeness (QED) is 0.350. The van der Waals surface area contributed by atoms with E-state index < -0.39 is 6.10 Å². The summed E-state index contributed by atoms with van der Waals surface area (Å²) >= 11 is 0. The molecule has 0 saturated heterocycles. The Hall–Kier alpha value is -3.22. The monoisotopic (exact) mass is 406 g/mol. The molecule has 0 fully saturated rings. The standard InChI is InChI=1S/C24H26N2O4/c1-28-18-6-4-7-19(14-18)29-13-12-25-15-17(27)16-30-23-11-5-9-21-20-8-2-3-10-22(20)26-24(21)23/h2-11,14,17,25-27H,12-13,15-16H2,1H3. The number of rotatable bonds is 10. The van der Waals surface area contributed by atoms with Crippen LogP contribution >= 0.6 is 0 Å². The van der Waals surface area contributed by atoms with Crippen molar-refractivity contribution in [2.75, 3.05) is 33.4 Å². The van der Waals surface area contributed by atoms with E-state index in [0.717, 1.165) is 39.1 Å². The van der Waals surface area contributed by atoms with Crippen LogP contribution in [0.4, 0.5) is 0 Å². The van der Waals surface area contributed by atoms with Crippen molar-refractivity contribution in [3.05, 3.63) is 66.7 Å². The van der Waals surface area contributed by atoms with Crippen LogP contribution in [0.1, 0.15) is 0 Å². The summed E-state index contributed by atoms with van der Waals surface area (Å²) in [7, 11) is 1.63. The van der Waals surface area contributed by atoms with Gasteiger partial charge in [-0.25, -0.2) is 0 Å². The number of aliphatic hydroxyl groups excluding tert-OH is 1. The van der Waals surface area contributed by atoms with E-state index in [9.17, 15) is 5.11 Å². The van der Waals surface area contributed by atoms with Crippen molar-refractivity contribution in [1.82, 2.24) is 10.3 Å². The first kappa shape index (κ1) is 20.1. The fourth-order valence-corrected chi connectivity index (χ4v) is 3.41. The SMILES string of the molecule is COc1cccc(OCCNCC(O)COc2cccc3c2[nH]c2ccccc23)c1. The Morgan fingerprint density at radius 1 is 0.933 bits per heavy atom. The van der Waals surface area contributed by atoms with E-state index in [4.69, 9.17) is 14.2 Å². The number of benzene rings is 3. The highest BCUT2D eigenvalue weighted by Crippen LogP contribution is 2.31. The van der Waals surface area contributed by atoms with Gasteiger partial charge in [0.2, 0.25) is 0 Å². The third-order valence-electron chi connectivity index (χ3n) is 4.90. The number of aliphatic hydroxyl groups is 1. The summed E-state index contributed by atoms with van der Waals surface area (Å²) in [5, 5.41) is 15.7. The molecule has 4 rings (SSSR count). The molecule has 0 saturated carbocycles. The molecule has 3 N–H and O–H groups in total. The Labute approximate surface area is 175 Å². The summed E-state index contributed by atoms with van der Waals surface area (Å²) in [6.45, 7) is 1.74. The van der Waals surface area contributed by atoms with E-state index in [1.54, 1.807) is 7.11 Å². The molecule has 0 radical (unpaired) electrons. The molecular formula is C24H26N2O4. The van der Waals surface area contributed by atoms with Crippen LogP contribution < -0.4 is 19.5 Å². The van der Waals surface area contributed by atoms with Crippen LogP contribution in [0.25, 0.3) is 21.8 Å². The Kier molecular flexibility index (Phi) is 6.37. The number of fused-ring (bicyclic) bond motifs is 3. The molecule has 0 aliphatic carbocycles. The van der Waals surface area contributed by atoms with Gasteiger partial charge in [0.15, 0.2) is 0 Å². The topological polar surface area (TPSA) is 75.7 Å². The van der Waals surface area contributed by atoms with E-state index >= 15 is 0 Å². The zero-order valence-electron chi connectivity index (χ0n) is 16.9. The number of aromatic nitrogens is 1. The highest BCUT2D eigenvalue weighted by molar-refractivity contribution is 6.09. The molecule has 0 aliphatic rings. The summed E-state index contributed by atoms with van der Waals surface area (Å²) < 4.78 is 16.7. The van der Waals surface area contributed by atoms with Crippen molar-refractivity contribution in [3.63, 3.8) is 0 Å². The Morgan fingerprint density at radius 2 is 1.73 bits per heavy atom.